The first kappa shape index (κ1) is 11.1. The van der Waals surface area contributed by atoms with E-state index in [1.165, 1.54) is 6.07 Å². The lowest BCUT2D eigenvalue weighted by Crippen LogP contribution is -2.15. The van der Waals surface area contributed by atoms with Crippen LogP contribution in [-0.4, -0.2) is 11.2 Å². The first-order valence-corrected chi connectivity index (χ1v) is 6.07. The SMILES string of the molecule is OC1CCCC1Cc1cc(F)cc(Br)c1. The summed E-state index contributed by atoms with van der Waals surface area (Å²) in [5.74, 6) is 0.0885. The van der Waals surface area contributed by atoms with Gasteiger partial charge in [-0.3, -0.25) is 0 Å². The van der Waals surface area contributed by atoms with E-state index in [0.717, 1.165) is 35.7 Å². The van der Waals surface area contributed by atoms with Gasteiger partial charge in [-0.15, -0.1) is 0 Å². The summed E-state index contributed by atoms with van der Waals surface area (Å²) < 4.78 is 13.9. The van der Waals surface area contributed by atoms with Crippen molar-refractivity contribution in [2.24, 2.45) is 5.92 Å². The third-order valence-electron chi connectivity index (χ3n) is 3.04. The highest BCUT2D eigenvalue weighted by atomic mass is 79.9. The Bertz CT molecular complexity index is 333. The molecule has 1 nitrogen and oxygen atoms in total. The van der Waals surface area contributed by atoms with Crippen LogP contribution in [0.15, 0.2) is 22.7 Å². The van der Waals surface area contributed by atoms with Crippen LogP contribution in [0.2, 0.25) is 0 Å². The van der Waals surface area contributed by atoms with Gasteiger partial charge in [0.25, 0.3) is 0 Å². The third kappa shape index (κ3) is 2.79. The molecule has 2 unspecified atom stereocenters. The lowest BCUT2D eigenvalue weighted by atomic mass is 9.96. The fraction of sp³-hybridized carbons (Fsp3) is 0.500. The summed E-state index contributed by atoms with van der Waals surface area (Å²) in [6.45, 7) is 0. The summed E-state index contributed by atoms with van der Waals surface area (Å²) in [6.07, 6.45) is 3.60. The predicted molar refractivity (Wildman–Crippen MR) is 61.2 cm³/mol. The van der Waals surface area contributed by atoms with Crippen LogP contribution in [-0.2, 0) is 6.42 Å². The lowest BCUT2D eigenvalue weighted by Gasteiger charge is -2.14. The van der Waals surface area contributed by atoms with Gasteiger partial charge in [0.2, 0.25) is 0 Å². The van der Waals surface area contributed by atoms with Gasteiger partial charge in [-0.05, 0) is 48.9 Å². The van der Waals surface area contributed by atoms with Crippen LogP contribution >= 0.6 is 15.9 Å². The predicted octanol–water partition coefficient (Wildman–Crippen LogP) is 3.29. The molecular formula is C12H14BrFO. The molecule has 1 aliphatic rings. The molecule has 0 amide bonds. The first-order valence-electron chi connectivity index (χ1n) is 5.28. The highest BCUT2D eigenvalue weighted by Gasteiger charge is 2.25. The Balaban J connectivity index is 2.10. The van der Waals surface area contributed by atoms with Gasteiger partial charge in [0.15, 0.2) is 0 Å². The number of rotatable bonds is 2. The van der Waals surface area contributed by atoms with Gasteiger partial charge < -0.3 is 5.11 Å². The number of hydrogen-bond acceptors (Lipinski definition) is 1. The van der Waals surface area contributed by atoms with Gasteiger partial charge in [-0.1, -0.05) is 22.4 Å². The standard InChI is InChI=1S/C12H14BrFO/c13-10-5-8(6-11(14)7-10)4-9-2-1-3-12(9)15/h5-7,9,12,15H,1-4H2. The average Bonchev–Trinajstić information content (AvgIpc) is 2.50. The van der Waals surface area contributed by atoms with Crippen LogP contribution in [0.5, 0.6) is 0 Å². The molecule has 0 aromatic heterocycles. The summed E-state index contributed by atoms with van der Waals surface area (Å²) >= 11 is 3.27. The Labute approximate surface area is 97.4 Å². The smallest absolute Gasteiger partial charge is 0.124 e. The molecule has 1 aromatic rings. The minimum atomic E-state index is -0.216. The Hall–Kier alpha value is -0.410. The lowest BCUT2D eigenvalue weighted by molar-refractivity contribution is 0.132. The monoisotopic (exact) mass is 272 g/mol. The van der Waals surface area contributed by atoms with E-state index in [1.54, 1.807) is 6.07 Å². The molecule has 2 rings (SSSR count). The number of halogens is 2. The maximum Gasteiger partial charge on any atom is 0.124 e. The molecule has 0 heterocycles. The fourth-order valence-electron chi connectivity index (χ4n) is 2.29. The Morgan fingerprint density at radius 1 is 1.33 bits per heavy atom. The maximum absolute atomic E-state index is 13.1. The molecule has 15 heavy (non-hydrogen) atoms. The summed E-state index contributed by atoms with van der Waals surface area (Å²) in [5.41, 5.74) is 0.966. The molecular weight excluding hydrogens is 259 g/mol. The molecule has 0 radical (unpaired) electrons. The van der Waals surface area contributed by atoms with E-state index in [4.69, 9.17) is 0 Å². The maximum atomic E-state index is 13.1. The molecule has 2 atom stereocenters. The van der Waals surface area contributed by atoms with Crippen molar-refractivity contribution in [3.63, 3.8) is 0 Å². The van der Waals surface area contributed by atoms with Crippen LogP contribution in [0.25, 0.3) is 0 Å². The van der Waals surface area contributed by atoms with Gasteiger partial charge in [0.1, 0.15) is 5.82 Å². The van der Waals surface area contributed by atoms with Gasteiger partial charge in [-0.25, -0.2) is 4.39 Å². The van der Waals surface area contributed by atoms with Crippen LogP contribution < -0.4 is 0 Å². The van der Waals surface area contributed by atoms with Crippen molar-refractivity contribution in [1.29, 1.82) is 0 Å². The fourth-order valence-corrected chi connectivity index (χ4v) is 2.80. The minimum Gasteiger partial charge on any atom is -0.393 e. The van der Waals surface area contributed by atoms with Crippen molar-refractivity contribution >= 4 is 15.9 Å². The Kier molecular flexibility index (Phi) is 3.42. The molecule has 1 saturated carbocycles. The van der Waals surface area contributed by atoms with Crippen molar-refractivity contribution in [3.8, 4) is 0 Å². The number of hydrogen-bond donors (Lipinski definition) is 1. The molecule has 0 aliphatic heterocycles. The van der Waals surface area contributed by atoms with Crippen LogP contribution in [0.1, 0.15) is 24.8 Å². The summed E-state index contributed by atoms with van der Waals surface area (Å²) in [6, 6.07) is 4.93. The van der Waals surface area contributed by atoms with E-state index in [-0.39, 0.29) is 11.9 Å². The van der Waals surface area contributed by atoms with Crippen LogP contribution in [0.3, 0.4) is 0 Å². The van der Waals surface area contributed by atoms with E-state index >= 15 is 0 Å². The highest BCUT2D eigenvalue weighted by Crippen LogP contribution is 2.29. The summed E-state index contributed by atoms with van der Waals surface area (Å²) in [5, 5.41) is 9.68. The average molecular weight is 273 g/mol. The largest absolute Gasteiger partial charge is 0.393 e. The number of benzene rings is 1. The van der Waals surface area contributed by atoms with Crippen molar-refractivity contribution in [1.82, 2.24) is 0 Å². The quantitative estimate of drug-likeness (QED) is 0.876. The number of aliphatic hydroxyl groups is 1. The molecule has 1 fully saturated rings. The van der Waals surface area contributed by atoms with Gasteiger partial charge in [0.05, 0.1) is 6.10 Å². The van der Waals surface area contributed by atoms with Crippen molar-refractivity contribution in [3.05, 3.63) is 34.1 Å². The summed E-state index contributed by atoms with van der Waals surface area (Å²) in [4.78, 5) is 0. The summed E-state index contributed by atoms with van der Waals surface area (Å²) in [7, 11) is 0. The zero-order valence-corrected chi connectivity index (χ0v) is 10.0. The Morgan fingerprint density at radius 2 is 2.13 bits per heavy atom. The topological polar surface area (TPSA) is 20.2 Å². The van der Waals surface area contributed by atoms with Gasteiger partial charge in [0, 0.05) is 4.47 Å². The molecule has 0 spiro atoms. The molecule has 1 aromatic carbocycles. The van der Waals surface area contributed by atoms with E-state index in [9.17, 15) is 9.50 Å². The molecule has 1 aliphatic carbocycles. The second-order valence-corrected chi connectivity index (χ2v) is 5.16. The second-order valence-electron chi connectivity index (χ2n) is 4.24. The zero-order chi connectivity index (χ0) is 10.8. The van der Waals surface area contributed by atoms with E-state index in [1.807, 2.05) is 6.07 Å². The molecule has 1 N–H and O–H groups in total. The number of aliphatic hydroxyl groups excluding tert-OH is 1. The van der Waals surface area contributed by atoms with Gasteiger partial charge in [-0.2, -0.15) is 0 Å². The molecule has 0 bridgehead atoms. The van der Waals surface area contributed by atoms with E-state index in [0.29, 0.717) is 5.92 Å². The van der Waals surface area contributed by atoms with E-state index < -0.39 is 0 Å². The van der Waals surface area contributed by atoms with Crippen molar-refractivity contribution < 1.29 is 9.50 Å². The van der Waals surface area contributed by atoms with Gasteiger partial charge >= 0.3 is 0 Å². The Morgan fingerprint density at radius 3 is 2.73 bits per heavy atom. The molecule has 0 saturated heterocycles. The highest BCUT2D eigenvalue weighted by molar-refractivity contribution is 9.10. The normalized spacial score (nSPS) is 25.8. The first-order chi connectivity index (χ1) is 7.15. The van der Waals surface area contributed by atoms with Crippen LogP contribution in [0, 0.1) is 11.7 Å². The second kappa shape index (κ2) is 4.62. The van der Waals surface area contributed by atoms with Crippen molar-refractivity contribution in [2.45, 2.75) is 31.8 Å². The third-order valence-corrected chi connectivity index (χ3v) is 3.50. The van der Waals surface area contributed by atoms with Crippen LogP contribution in [0.4, 0.5) is 4.39 Å². The zero-order valence-electron chi connectivity index (χ0n) is 8.42. The van der Waals surface area contributed by atoms with Crippen molar-refractivity contribution in [2.75, 3.05) is 0 Å². The molecule has 82 valence electrons. The minimum absolute atomic E-state index is 0.202. The molecule has 3 heteroatoms. The van der Waals surface area contributed by atoms with E-state index in [2.05, 4.69) is 15.9 Å².